The lowest BCUT2D eigenvalue weighted by Gasteiger charge is -2.33. The zero-order valence-electron chi connectivity index (χ0n) is 22.5. The Hall–Kier alpha value is -3.96. The quantitative estimate of drug-likeness (QED) is 0.325. The van der Waals surface area contributed by atoms with Crippen LogP contribution in [0.4, 0.5) is 16.4 Å². The Morgan fingerprint density at radius 2 is 2.08 bits per heavy atom. The molecule has 1 aromatic carbocycles. The number of ether oxygens (including phenoxy) is 2. The maximum absolute atomic E-state index is 12.5. The highest BCUT2D eigenvalue weighted by Gasteiger charge is 2.28. The number of aromatic nitrogens is 4. The molecule has 2 aromatic heterocycles. The minimum atomic E-state index is -0.544. The summed E-state index contributed by atoms with van der Waals surface area (Å²) in [5, 5.41) is 18.8. The lowest BCUT2D eigenvalue weighted by molar-refractivity contribution is -0.384. The number of amides is 1. The second kappa shape index (κ2) is 11.2. The number of anilines is 1. The van der Waals surface area contributed by atoms with Crippen LogP contribution in [0.2, 0.25) is 0 Å². The summed E-state index contributed by atoms with van der Waals surface area (Å²) in [5.41, 5.74) is 1.79. The van der Waals surface area contributed by atoms with Gasteiger partial charge in [0.15, 0.2) is 5.65 Å². The molecule has 12 heteroatoms. The molecule has 0 unspecified atom stereocenters. The first-order valence-corrected chi connectivity index (χ1v) is 12.8. The van der Waals surface area contributed by atoms with Crippen LogP contribution in [0.5, 0.6) is 6.01 Å². The summed E-state index contributed by atoms with van der Waals surface area (Å²) in [4.78, 5) is 34.2. The van der Waals surface area contributed by atoms with Crippen molar-refractivity contribution in [3.8, 4) is 6.01 Å². The molecule has 1 aliphatic heterocycles. The Labute approximate surface area is 221 Å². The monoisotopic (exact) mass is 525 g/mol. The Bertz CT molecular complexity index is 1300. The second-order valence-corrected chi connectivity index (χ2v) is 10.8. The van der Waals surface area contributed by atoms with E-state index in [0.29, 0.717) is 37.8 Å². The van der Waals surface area contributed by atoms with Gasteiger partial charge < -0.3 is 19.7 Å². The second-order valence-electron chi connectivity index (χ2n) is 10.8. The van der Waals surface area contributed by atoms with E-state index in [2.05, 4.69) is 34.2 Å². The van der Waals surface area contributed by atoms with Gasteiger partial charge in [0.05, 0.1) is 17.7 Å². The fourth-order valence-electron chi connectivity index (χ4n) is 4.31. The van der Waals surface area contributed by atoms with Gasteiger partial charge >= 0.3 is 12.1 Å². The van der Waals surface area contributed by atoms with Gasteiger partial charge in [-0.25, -0.2) is 4.79 Å². The smallest absolute Gasteiger partial charge is 0.410 e. The number of carbonyl (C=O) groups is 1. The zero-order chi connectivity index (χ0) is 27.4. The zero-order valence-corrected chi connectivity index (χ0v) is 22.5. The highest BCUT2D eigenvalue weighted by Crippen LogP contribution is 2.25. The number of nitro groups is 1. The van der Waals surface area contributed by atoms with Crippen molar-refractivity contribution in [2.24, 2.45) is 5.92 Å². The fourth-order valence-corrected chi connectivity index (χ4v) is 4.31. The number of carbonyl (C=O) groups excluding carboxylic acids is 1. The van der Waals surface area contributed by atoms with Gasteiger partial charge in [-0.2, -0.15) is 19.6 Å². The topological polar surface area (TPSA) is 137 Å². The summed E-state index contributed by atoms with van der Waals surface area (Å²) in [6, 6.07) is 6.63. The first-order valence-electron chi connectivity index (χ1n) is 12.8. The molecular formula is C26H35N7O5. The van der Waals surface area contributed by atoms with E-state index in [4.69, 9.17) is 9.47 Å². The third-order valence-electron chi connectivity index (χ3n) is 6.19. The number of nitro benzene ring substituents is 1. The van der Waals surface area contributed by atoms with Crippen LogP contribution in [0.15, 0.2) is 30.5 Å². The Kier molecular flexibility index (Phi) is 7.98. The standard InChI is InChI=1S/C26H35N7O5/c1-17(2)21-14-28-32-22(21)29-24(30-23(32)27-13-18-8-6-10-20(12-18)33(35)36)37-16-19-9-7-11-31(15-19)25(34)38-26(3,4)5/h6,8,10,12,14,17,19H,7,9,11,13,15-16H2,1-5H3,(H,27,29,30)/t19-/m1/s1. The lowest BCUT2D eigenvalue weighted by Crippen LogP contribution is -2.44. The predicted molar refractivity (Wildman–Crippen MR) is 141 cm³/mol. The van der Waals surface area contributed by atoms with Crippen molar-refractivity contribution in [1.29, 1.82) is 0 Å². The van der Waals surface area contributed by atoms with Crippen molar-refractivity contribution in [3.63, 3.8) is 0 Å². The van der Waals surface area contributed by atoms with Gasteiger partial charge in [0.1, 0.15) is 5.60 Å². The van der Waals surface area contributed by atoms with Crippen molar-refractivity contribution in [3.05, 3.63) is 51.7 Å². The number of nitrogens with zero attached hydrogens (tertiary/aromatic N) is 6. The van der Waals surface area contributed by atoms with Crippen molar-refractivity contribution < 1.29 is 19.2 Å². The van der Waals surface area contributed by atoms with Crippen molar-refractivity contribution in [2.75, 3.05) is 25.0 Å². The van der Waals surface area contributed by atoms with Crippen molar-refractivity contribution >= 4 is 23.4 Å². The maximum Gasteiger partial charge on any atom is 0.410 e. The molecule has 4 rings (SSSR count). The van der Waals surface area contributed by atoms with Gasteiger partial charge in [0, 0.05) is 43.2 Å². The number of nitrogens with one attached hydrogen (secondary N) is 1. The average Bonchev–Trinajstić information content (AvgIpc) is 3.30. The summed E-state index contributed by atoms with van der Waals surface area (Å²) in [6.45, 7) is 11.5. The molecule has 1 amide bonds. The average molecular weight is 526 g/mol. The molecule has 0 saturated carbocycles. The molecule has 3 aromatic rings. The van der Waals surface area contributed by atoms with Crippen molar-refractivity contribution in [2.45, 2.75) is 65.5 Å². The molecule has 1 fully saturated rings. The highest BCUT2D eigenvalue weighted by atomic mass is 16.6. The fraction of sp³-hybridized carbons (Fsp3) is 0.538. The number of piperidine rings is 1. The van der Waals surface area contributed by atoms with Crippen LogP contribution in [0.25, 0.3) is 5.65 Å². The van der Waals surface area contributed by atoms with E-state index in [1.54, 1.807) is 27.7 Å². The number of non-ortho nitro benzene ring substituents is 1. The van der Waals surface area contributed by atoms with E-state index in [0.717, 1.165) is 24.0 Å². The summed E-state index contributed by atoms with van der Waals surface area (Å²) < 4.78 is 13.2. The predicted octanol–water partition coefficient (Wildman–Crippen LogP) is 4.79. The van der Waals surface area contributed by atoms with Crippen LogP contribution in [-0.2, 0) is 11.3 Å². The van der Waals surface area contributed by atoms with Crippen molar-refractivity contribution in [1.82, 2.24) is 24.5 Å². The molecule has 1 atom stereocenters. The van der Waals surface area contributed by atoms with Crippen LogP contribution in [0.1, 0.15) is 64.5 Å². The van der Waals surface area contributed by atoms with E-state index < -0.39 is 10.5 Å². The molecule has 0 spiro atoms. The van der Waals surface area contributed by atoms with Gasteiger partial charge in [0.2, 0.25) is 5.95 Å². The van der Waals surface area contributed by atoms with Gasteiger partial charge in [-0.05, 0) is 45.1 Å². The molecule has 3 heterocycles. The van der Waals surface area contributed by atoms with Gasteiger partial charge in [-0.3, -0.25) is 10.1 Å². The number of fused-ring (bicyclic) bond motifs is 1. The van der Waals surface area contributed by atoms with E-state index in [1.165, 1.54) is 12.1 Å². The van der Waals surface area contributed by atoms with Gasteiger partial charge in [-0.15, -0.1) is 0 Å². The Morgan fingerprint density at radius 1 is 1.29 bits per heavy atom. The number of benzene rings is 1. The molecule has 1 aliphatic rings. The highest BCUT2D eigenvalue weighted by molar-refractivity contribution is 5.68. The van der Waals surface area contributed by atoms with E-state index in [9.17, 15) is 14.9 Å². The van der Waals surface area contributed by atoms with Crippen LogP contribution in [0.3, 0.4) is 0 Å². The number of hydrogen-bond acceptors (Lipinski definition) is 9. The van der Waals surface area contributed by atoms with E-state index >= 15 is 0 Å². The summed E-state index contributed by atoms with van der Waals surface area (Å²) in [6.07, 6.45) is 3.23. The third-order valence-corrected chi connectivity index (χ3v) is 6.19. The minimum absolute atomic E-state index is 0.0234. The third kappa shape index (κ3) is 6.67. The summed E-state index contributed by atoms with van der Waals surface area (Å²) in [5.74, 6) is 0.717. The van der Waals surface area contributed by atoms with Gasteiger partial charge in [0.25, 0.3) is 5.69 Å². The number of likely N-dealkylation sites (tertiary alicyclic amines) is 1. The molecular weight excluding hydrogens is 490 g/mol. The summed E-state index contributed by atoms with van der Waals surface area (Å²) >= 11 is 0. The van der Waals surface area contributed by atoms with Crippen LogP contribution >= 0.6 is 0 Å². The molecule has 1 saturated heterocycles. The molecule has 38 heavy (non-hydrogen) atoms. The molecule has 1 N–H and O–H groups in total. The van der Waals surface area contributed by atoms with E-state index in [1.807, 2.05) is 20.8 Å². The normalized spacial score (nSPS) is 16.1. The largest absolute Gasteiger partial charge is 0.463 e. The molecule has 0 aliphatic carbocycles. The molecule has 0 radical (unpaired) electrons. The van der Waals surface area contributed by atoms with Crippen LogP contribution in [0, 0.1) is 16.0 Å². The first-order chi connectivity index (χ1) is 18.0. The van der Waals surface area contributed by atoms with Crippen LogP contribution < -0.4 is 10.1 Å². The van der Waals surface area contributed by atoms with E-state index in [-0.39, 0.29) is 29.6 Å². The number of hydrogen-bond donors (Lipinski definition) is 1. The Morgan fingerprint density at radius 3 is 2.79 bits per heavy atom. The molecule has 12 nitrogen and oxygen atoms in total. The number of rotatable bonds is 8. The summed E-state index contributed by atoms with van der Waals surface area (Å²) in [7, 11) is 0. The lowest BCUT2D eigenvalue weighted by atomic mass is 9.99. The molecule has 0 bridgehead atoms. The SMILES string of the molecule is CC(C)c1cnn2c(NCc3cccc([N+](=O)[O-])c3)nc(OC[C@@H]3CCCN(C(=O)OC(C)(C)C)C3)nc12. The van der Waals surface area contributed by atoms with Gasteiger partial charge in [-0.1, -0.05) is 26.0 Å². The minimum Gasteiger partial charge on any atom is -0.463 e. The van der Waals surface area contributed by atoms with Crippen LogP contribution in [-0.4, -0.2) is 60.8 Å². The molecule has 204 valence electrons. The Balaban J connectivity index is 1.50. The first kappa shape index (κ1) is 27.1. The maximum atomic E-state index is 12.5.